The van der Waals surface area contributed by atoms with Crippen LogP contribution in [0, 0.1) is 0 Å². The van der Waals surface area contributed by atoms with Gasteiger partial charge in [0, 0.05) is 18.2 Å². The van der Waals surface area contributed by atoms with Gasteiger partial charge in [0.1, 0.15) is 0 Å². The topological polar surface area (TPSA) is 29.4 Å². The van der Waals surface area contributed by atoms with Crippen LogP contribution in [0.2, 0.25) is 0 Å². The van der Waals surface area contributed by atoms with Crippen molar-refractivity contribution >= 4 is 12.0 Å². The van der Waals surface area contributed by atoms with E-state index in [0.29, 0.717) is 12.2 Å². The van der Waals surface area contributed by atoms with Crippen LogP contribution >= 0.6 is 0 Å². The molecule has 0 aromatic heterocycles. The molecule has 0 saturated heterocycles. The predicted octanol–water partition coefficient (Wildman–Crippen LogP) is 2.56. The number of ketones is 1. The lowest BCUT2D eigenvalue weighted by Crippen LogP contribution is -2.07. The molecule has 1 heterocycles. The maximum absolute atomic E-state index is 11.6. The normalized spacial score (nSPS) is 25.6. The van der Waals surface area contributed by atoms with Gasteiger partial charge in [-0.15, -0.1) is 0 Å². The average molecular weight is 187 g/mol. The van der Waals surface area contributed by atoms with E-state index in [-0.39, 0.29) is 0 Å². The molecule has 0 radical (unpaired) electrons. The van der Waals surface area contributed by atoms with E-state index in [9.17, 15) is 4.79 Å². The molecule has 3 aliphatic rings. The van der Waals surface area contributed by atoms with Gasteiger partial charge >= 0.3 is 0 Å². The third-order valence-corrected chi connectivity index (χ3v) is 3.38. The summed E-state index contributed by atoms with van der Waals surface area (Å²) in [4.78, 5) is 16.0. The Balaban J connectivity index is 2.05. The second-order valence-corrected chi connectivity index (χ2v) is 4.23. The molecule has 0 spiro atoms. The largest absolute Gasteiger partial charge is 0.294 e. The molecule has 0 atom stereocenters. The fourth-order valence-electron chi connectivity index (χ4n) is 2.66. The van der Waals surface area contributed by atoms with Gasteiger partial charge < -0.3 is 0 Å². The van der Waals surface area contributed by atoms with Gasteiger partial charge in [-0.1, -0.05) is 5.57 Å². The molecule has 2 nitrogen and oxygen atoms in total. The first-order valence-corrected chi connectivity index (χ1v) is 5.36. The number of aliphatic imine (C=N–C) groups is 1. The van der Waals surface area contributed by atoms with E-state index in [1.807, 2.05) is 0 Å². The molecule has 0 N–H and O–H groups in total. The minimum Gasteiger partial charge on any atom is -0.294 e. The number of carbonyl (C=O) groups is 1. The first kappa shape index (κ1) is 8.16. The van der Waals surface area contributed by atoms with Gasteiger partial charge in [0.05, 0.1) is 5.70 Å². The Labute approximate surface area is 83.4 Å². The highest BCUT2D eigenvalue weighted by atomic mass is 16.1. The second-order valence-electron chi connectivity index (χ2n) is 4.23. The van der Waals surface area contributed by atoms with Crippen LogP contribution in [0.3, 0.4) is 0 Å². The van der Waals surface area contributed by atoms with E-state index < -0.39 is 0 Å². The van der Waals surface area contributed by atoms with Gasteiger partial charge in [0.2, 0.25) is 0 Å². The summed E-state index contributed by atoms with van der Waals surface area (Å²) in [5.74, 6) is 0.296. The van der Waals surface area contributed by atoms with Crippen LogP contribution in [-0.2, 0) is 4.79 Å². The van der Waals surface area contributed by atoms with Gasteiger partial charge in [-0.25, -0.2) is 0 Å². The first-order valence-electron chi connectivity index (χ1n) is 5.36. The SMILES string of the molecule is O=C1CC=NC2=C1CC1=C2CCCC1. The van der Waals surface area contributed by atoms with Gasteiger partial charge in [-0.05, 0) is 37.7 Å². The molecule has 0 unspecified atom stereocenters. The number of fused-ring (bicyclic) bond motifs is 1. The quantitative estimate of drug-likeness (QED) is 0.573. The van der Waals surface area contributed by atoms with E-state index in [2.05, 4.69) is 4.99 Å². The monoisotopic (exact) mass is 187 g/mol. The standard InChI is InChI=1S/C12H13NO/c14-11-5-6-13-12-9-4-2-1-3-8(9)7-10(11)12/h6H,1-5,7H2. The summed E-state index contributed by atoms with van der Waals surface area (Å²) in [6.45, 7) is 0. The minimum atomic E-state index is 0.296. The van der Waals surface area contributed by atoms with E-state index >= 15 is 0 Å². The Morgan fingerprint density at radius 1 is 1.14 bits per heavy atom. The van der Waals surface area contributed by atoms with Crippen molar-refractivity contribution in [2.75, 3.05) is 0 Å². The molecule has 0 saturated carbocycles. The number of hydrogen-bond donors (Lipinski definition) is 0. The summed E-state index contributed by atoms with van der Waals surface area (Å²) in [5, 5.41) is 0. The average Bonchev–Trinajstić information content (AvgIpc) is 2.59. The Bertz CT molecular complexity index is 399. The fourth-order valence-corrected chi connectivity index (χ4v) is 2.66. The number of allylic oxidation sites excluding steroid dienone is 3. The number of hydrogen-bond acceptors (Lipinski definition) is 2. The molecule has 3 rings (SSSR count). The highest BCUT2D eigenvalue weighted by Crippen LogP contribution is 2.42. The summed E-state index contributed by atoms with van der Waals surface area (Å²) in [6.07, 6.45) is 8.06. The summed E-state index contributed by atoms with van der Waals surface area (Å²) >= 11 is 0. The van der Waals surface area contributed by atoms with Crippen LogP contribution in [0.15, 0.2) is 27.4 Å². The van der Waals surface area contributed by atoms with E-state index in [0.717, 1.165) is 24.1 Å². The Kier molecular flexibility index (Phi) is 1.69. The van der Waals surface area contributed by atoms with Crippen LogP contribution in [0.25, 0.3) is 0 Å². The highest BCUT2D eigenvalue weighted by molar-refractivity contribution is 6.07. The van der Waals surface area contributed by atoms with E-state index in [1.54, 1.807) is 6.21 Å². The lowest BCUT2D eigenvalue weighted by atomic mass is 9.93. The molecular formula is C12H13NO. The molecule has 72 valence electrons. The van der Waals surface area contributed by atoms with Crippen LogP contribution in [0.4, 0.5) is 0 Å². The predicted molar refractivity (Wildman–Crippen MR) is 55.3 cm³/mol. The number of carbonyl (C=O) groups excluding carboxylic acids is 1. The maximum atomic E-state index is 11.6. The number of rotatable bonds is 0. The molecular weight excluding hydrogens is 174 g/mol. The third-order valence-electron chi connectivity index (χ3n) is 3.38. The molecule has 0 bridgehead atoms. The Hall–Kier alpha value is -1.18. The lowest BCUT2D eigenvalue weighted by Gasteiger charge is -2.14. The van der Waals surface area contributed by atoms with Gasteiger partial charge in [0.15, 0.2) is 5.78 Å². The van der Waals surface area contributed by atoms with Crippen LogP contribution in [0.1, 0.15) is 38.5 Å². The van der Waals surface area contributed by atoms with Crippen LogP contribution in [-0.4, -0.2) is 12.0 Å². The second kappa shape index (κ2) is 2.91. The van der Waals surface area contributed by atoms with E-state index in [1.165, 1.54) is 30.4 Å². The van der Waals surface area contributed by atoms with Crippen molar-refractivity contribution in [2.24, 2.45) is 4.99 Å². The minimum absolute atomic E-state index is 0.296. The number of Topliss-reactive ketones (excluding diaryl/α,β-unsaturated/α-hetero) is 1. The van der Waals surface area contributed by atoms with Crippen molar-refractivity contribution in [3.8, 4) is 0 Å². The zero-order valence-corrected chi connectivity index (χ0v) is 8.18. The van der Waals surface area contributed by atoms with Crippen molar-refractivity contribution in [1.29, 1.82) is 0 Å². The Morgan fingerprint density at radius 2 is 2.00 bits per heavy atom. The van der Waals surface area contributed by atoms with Crippen LogP contribution < -0.4 is 0 Å². The highest BCUT2D eigenvalue weighted by Gasteiger charge is 2.30. The van der Waals surface area contributed by atoms with Crippen molar-refractivity contribution in [1.82, 2.24) is 0 Å². The summed E-state index contributed by atoms with van der Waals surface area (Å²) < 4.78 is 0. The Morgan fingerprint density at radius 3 is 2.93 bits per heavy atom. The van der Waals surface area contributed by atoms with Gasteiger partial charge in [-0.3, -0.25) is 9.79 Å². The van der Waals surface area contributed by atoms with Gasteiger partial charge in [-0.2, -0.15) is 0 Å². The molecule has 2 aliphatic carbocycles. The van der Waals surface area contributed by atoms with Gasteiger partial charge in [0.25, 0.3) is 0 Å². The molecule has 0 aromatic rings. The molecule has 0 fully saturated rings. The molecule has 14 heavy (non-hydrogen) atoms. The fraction of sp³-hybridized carbons (Fsp3) is 0.500. The zero-order valence-electron chi connectivity index (χ0n) is 8.18. The smallest absolute Gasteiger partial charge is 0.166 e. The van der Waals surface area contributed by atoms with E-state index in [4.69, 9.17) is 0 Å². The zero-order chi connectivity index (χ0) is 9.54. The molecule has 0 aromatic carbocycles. The summed E-state index contributed by atoms with van der Waals surface area (Å²) in [5.41, 5.74) is 4.93. The van der Waals surface area contributed by atoms with Crippen molar-refractivity contribution < 1.29 is 4.79 Å². The third kappa shape index (κ3) is 1.03. The van der Waals surface area contributed by atoms with Crippen molar-refractivity contribution in [3.05, 3.63) is 22.4 Å². The molecule has 0 amide bonds. The van der Waals surface area contributed by atoms with Crippen LogP contribution in [0.5, 0.6) is 0 Å². The van der Waals surface area contributed by atoms with Crippen molar-refractivity contribution in [3.63, 3.8) is 0 Å². The lowest BCUT2D eigenvalue weighted by molar-refractivity contribution is -0.114. The molecule has 1 aliphatic heterocycles. The first-order chi connectivity index (χ1) is 6.86. The molecule has 2 heteroatoms. The number of nitrogens with zero attached hydrogens (tertiary/aromatic N) is 1. The summed E-state index contributed by atoms with van der Waals surface area (Å²) in [7, 11) is 0. The maximum Gasteiger partial charge on any atom is 0.166 e. The van der Waals surface area contributed by atoms with Crippen molar-refractivity contribution in [2.45, 2.75) is 38.5 Å². The summed E-state index contributed by atoms with van der Waals surface area (Å²) in [6, 6.07) is 0.